The number of nitrogens with zero attached hydrogens (tertiary/aromatic N) is 2. The molecule has 7 heteroatoms. The molecule has 0 spiro atoms. The van der Waals surface area contributed by atoms with Crippen molar-refractivity contribution < 1.29 is 19.1 Å². The lowest BCUT2D eigenvalue weighted by Gasteiger charge is -2.26. The molecule has 2 aromatic rings. The van der Waals surface area contributed by atoms with E-state index in [2.05, 4.69) is 5.32 Å². The minimum absolute atomic E-state index is 0.118. The number of hydrogen-bond donors (Lipinski definition) is 2. The molecule has 1 amide bonds. The van der Waals surface area contributed by atoms with Crippen LogP contribution >= 0.6 is 0 Å². The number of aromatic carboxylic acids is 1. The molecule has 0 fully saturated rings. The van der Waals surface area contributed by atoms with Gasteiger partial charge in [0.15, 0.2) is 0 Å². The third-order valence-corrected chi connectivity index (χ3v) is 4.13. The van der Waals surface area contributed by atoms with Crippen LogP contribution in [-0.4, -0.2) is 55.6 Å². The average molecular weight is 373 g/mol. The zero-order valence-electron chi connectivity index (χ0n) is 15.7. The Bertz CT molecular complexity index is 807. The number of likely N-dealkylation sites (N-methyl/N-ethyl adjacent to an activating group) is 2. The Hall–Kier alpha value is -2.93. The predicted molar refractivity (Wildman–Crippen MR) is 104 cm³/mol. The summed E-state index contributed by atoms with van der Waals surface area (Å²) >= 11 is 0. The maximum Gasteiger partial charge on any atom is 0.337 e. The second kappa shape index (κ2) is 9.14. The first-order valence-corrected chi connectivity index (χ1v) is 8.65. The van der Waals surface area contributed by atoms with Gasteiger partial charge in [-0.05, 0) is 63.5 Å². The smallest absolute Gasteiger partial charge is 0.337 e. The fourth-order valence-electron chi connectivity index (χ4n) is 2.63. The van der Waals surface area contributed by atoms with Crippen molar-refractivity contribution in [1.82, 2.24) is 4.90 Å². The van der Waals surface area contributed by atoms with Gasteiger partial charge in [-0.2, -0.15) is 0 Å². The molecule has 144 valence electrons. The molecule has 0 saturated heterocycles. The number of benzene rings is 2. The van der Waals surface area contributed by atoms with Crippen LogP contribution in [0.15, 0.2) is 42.5 Å². The normalized spacial score (nSPS) is 10.7. The number of carboxylic acids is 1. The van der Waals surface area contributed by atoms with Gasteiger partial charge in [-0.15, -0.1) is 0 Å². The highest BCUT2D eigenvalue weighted by Gasteiger charge is 2.17. The maximum absolute atomic E-state index is 13.0. The van der Waals surface area contributed by atoms with Crippen LogP contribution in [0.25, 0.3) is 0 Å². The summed E-state index contributed by atoms with van der Waals surface area (Å²) in [6.07, 6.45) is 0. The third-order valence-electron chi connectivity index (χ3n) is 4.13. The molecule has 0 saturated carbocycles. The minimum atomic E-state index is -1.06. The second-order valence-electron chi connectivity index (χ2n) is 6.38. The predicted octanol–water partition coefficient (Wildman–Crippen LogP) is 3.16. The number of hydrogen-bond acceptors (Lipinski definition) is 4. The molecule has 0 aromatic heterocycles. The van der Waals surface area contributed by atoms with Crippen molar-refractivity contribution >= 4 is 23.3 Å². The number of carbonyl (C=O) groups is 2. The van der Waals surface area contributed by atoms with E-state index in [1.807, 2.05) is 30.8 Å². The Morgan fingerprint density at radius 3 is 2.30 bits per heavy atom. The lowest BCUT2D eigenvalue weighted by molar-refractivity contribution is 0.0697. The molecular formula is C20H24FN3O3. The van der Waals surface area contributed by atoms with E-state index in [-0.39, 0.29) is 5.56 Å². The van der Waals surface area contributed by atoms with E-state index in [4.69, 9.17) is 0 Å². The van der Waals surface area contributed by atoms with Gasteiger partial charge in [-0.1, -0.05) is 0 Å². The van der Waals surface area contributed by atoms with Gasteiger partial charge in [-0.3, -0.25) is 4.79 Å². The average Bonchev–Trinajstić information content (AvgIpc) is 2.63. The van der Waals surface area contributed by atoms with Gasteiger partial charge in [-0.25, -0.2) is 9.18 Å². The zero-order chi connectivity index (χ0) is 20.0. The maximum atomic E-state index is 13.0. The van der Waals surface area contributed by atoms with Gasteiger partial charge in [0.25, 0.3) is 5.91 Å². The van der Waals surface area contributed by atoms with E-state index in [9.17, 15) is 19.1 Å². The summed E-state index contributed by atoms with van der Waals surface area (Å²) in [5.41, 5.74) is 1.38. The van der Waals surface area contributed by atoms with E-state index in [0.717, 1.165) is 6.54 Å². The number of nitrogens with one attached hydrogen (secondary N) is 1. The molecule has 0 radical (unpaired) electrons. The van der Waals surface area contributed by atoms with E-state index in [0.29, 0.717) is 30.0 Å². The molecule has 6 nitrogen and oxygen atoms in total. The first kappa shape index (κ1) is 20.4. The van der Waals surface area contributed by atoms with Gasteiger partial charge in [0, 0.05) is 30.9 Å². The monoisotopic (exact) mass is 373 g/mol. The van der Waals surface area contributed by atoms with Crippen molar-refractivity contribution in [2.45, 2.75) is 6.92 Å². The van der Waals surface area contributed by atoms with E-state index < -0.39 is 17.7 Å². The van der Waals surface area contributed by atoms with Crippen molar-refractivity contribution in [3.05, 3.63) is 59.4 Å². The SMILES string of the molecule is CCN(CCN(C)C)c1ccc(NC(=O)c2ccc(F)cc2)cc1C(=O)O. The van der Waals surface area contributed by atoms with Gasteiger partial charge < -0.3 is 20.2 Å². The minimum Gasteiger partial charge on any atom is -0.478 e. The van der Waals surface area contributed by atoms with E-state index >= 15 is 0 Å². The highest BCUT2D eigenvalue weighted by atomic mass is 19.1. The molecule has 0 heterocycles. The fourth-order valence-corrected chi connectivity index (χ4v) is 2.63. The van der Waals surface area contributed by atoms with E-state index in [1.165, 1.54) is 30.3 Å². The van der Waals surface area contributed by atoms with Crippen LogP contribution in [-0.2, 0) is 0 Å². The summed E-state index contributed by atoms with van der Waals surface area (Å²) in [7, 11) is 3.92. The number of amides is 1. The van der Waals surface area contributed by atoms with Crippen LogP contribution in [0.5, 0.6) is 0 Å². The van der Waals surface area contributed by atoms with Crippen molar-refractivity contribution in [2.24, 2.45) is 0 Å². The fraction of sp³-hybridized carbons (Fsp3) is 0.300. The molecule has 0 bridgehead atoms. The first-order valence-electron chi connectivity index (χ1n) is 8.65. The third kappa shape index (κ3) is 5.52. The van der Waals surface area contributed by atoms with Gasteiger partial charge >= 0.3 is 5.97 Å². The number of anilines is 2. The Morgan fingerprint density at radius 2 is 1.74 bits per heavy atom. The Kier molecular flexibility index (Phi) is 6.90. The number of halogens is 1. The van der Waals surface area contributed by atoms with Crippen LogP contribution in [0.1, 0.15) is 27.6 Å². The Morgan fingerprint density at radius 1 is 1.07 bits per heavy atom. The van der Waals surface area contributed by atoms with Gasteiger partial charge in [0.05, 0.1) is 11.3 Å². The van der Waals surface area contributed by atoms with Crippen LogP contribution in [0.3, 0.4) is 0 Å². The molecule has 2 N–H and O–H groups in total. The second-order valence-corrected chi connectivity index (χ2v) is 6.38. The number of carboxylic acid groups (broad SMARTS) is 1. The molecule has 27 heavy (non-hydrogen) atoms. The summed E-state index contributed by atoms with van der Waals surface area (Å²) in [6.45, 7) is 4.10. The zero-order valence-corrected chi connectivity index (χ0v) is 15.7. The number of carbonyl (C=O) groups excluding carboxylic acids is 1. The van der Waals surface area contributed by atoms with Crippen molar-refractivity contribution in [3.8, 4) is 0 Å². The number of rotatable bonds is 8. The highest BCUT2D eigenvalue weighted by molar-refractivity contribution is 6.05. The lowest BCUT2D eigenvalue weighted by atomic mass is 10.1. The standard InChI is InChI=1S/C20H24FN3O3/c1-4-24(12-11-23(2)3)18-10-9-16(13-17(18)20(26)27)22-19(25)14-5-7-15(21)8-6-14/h5-10,13H,4,11-12H2,1-3H3,(H,22,25)(H,26,27). The molecule has 0 unspecified atom stereocenters. The largest absolute Gasteiger partial charge is 0.478 e. The van der Waals surface area contributed by atoms with Crippen molar-refractivity contribution in [3.63, 3.8) is 0 Å². The molecule has 2 aromatic carbocycles. The molecule has 2 rings (SSSR count). The summed E-state index contributed by atoms with van der Waals surface area (Å²) < 4.78 is 13.0. The lowest BCUT2D eigenvalue weighted by Crippen LogP contribution is -2.32. The Labute approximate surface area is 158 Å². The van der Waals surface area contributed by atoms with Crippen LogP contribution in [0.2, 0.25) is 0 Å². The van der Waals surface area contributed by atoms with Gasteiger partial charge in [0.1, 0.15) is 5.82 Å². The van der Waals surface area contributed by atoms with Crippen molar-refractivity contribution in [1.29, 1.82) is 0 Å². The van der Waals surface area contributed by atoms with Crippen LogP contribution in [0.4, 0.5) is 15.8 Å². The van der Waals surface area contributed by atoms with Crippen molar-refractivity contribution in [2.75, 3.05) is 43.9 Å². The van der Waals surface area contributed by atoms with Crippen LogP contribution in [0, 0.1) is 5.82 Å². The van der Waals surface area contributed by atoms with Crippen LogP contribution < -0.4 is 10.2 Å². The van der Waals surface area contributed by atoms with E-state index in [1.54, 1.807) is 12.1 Å². The summed E-state index contributed by atoms with van der Waals surface area (Å²) in [5, 5.41) is 12.3. The summed E-state index contributed by atoms with van der Waals surface area (Å²) in [5.74, 6) is -1.92. The quantitative estimate of drug-likeness (QED) is 0.744. The molecular weight excluding hydrogens is 349 g/mol. The molecule has 0 aliphatic carbocycles. The van der Waals surface area contributed by atoms with Gasteiger partial charge in [0.2, 0.25) is 0 Å². The topological polar surface area (TPSA) is 72.9 Å². The summed E-state index contributed by atoms with van der Waals surface area (Å²) in [6, 6.07) is 9.95. The Balaban J connectivity index is 2.24. The summed E-state index contributed by atoms with van der Waals surface area (Å²) in [4.78, 5) is 28.0. The molecule has 0 aliphatic heterocycles. The molecule has 0 aliphatic rings. The molecule has 0 atom stereocenters. The first-order chi connectivity index (χ1) is 12.8. The highest BCUT2D eigenvalue weighted by Crippen LogP contribution is 2.25.